The number of aryl methyl sites for hydroxylation is 1. The Morgan fingerprint density at radius 2 is 2.33 bits per heavy atom. The summed E-state index contributed by atoms with van der Waals surface area (Å²) in [5.74, 6) is 0.795. The molecule has 1 aromatic heterocycles. The predicted molar refractivity (Wildman–Crippen MR) is 88.2 cm³/mol. The number of anilines is 1. The molecule has 0 radical (unpaired) electrons. The van der Waals surface area contributed by atoms with Gasteiger partial charge in [0.25, 0.3) is 5.91 Å². The van der Waals surface area contributed by atoms with Crippen LogP contribution in [0.15, 0.2) is 0 Å². The van der Waals surface area contributed by atoms with Crippen LogP contribution in [-0.2, 0) is 0 Å². The molecule has 0 aromatic carbocycles. The summed E-state index contributed by atoms with van der Waals surface area (Å²) in [5, 5.41) is 6.89. The fourth-order valence-corrected chi connectivity index (χ4v) is 3.63. The van der Waals surface area contributed by atoms with Crippen LogP contribution in [0.2, 0.25) is 0 Å². The van der Waals surface area contributed by atoms with Crippen molar-refractivity contribution in [3.63, 3.8) is 0 Å². The molecular weight excluding hydrogens is 284 g/mol. The van der Waals surface area contributed by atoms with E-state index < -0.39 is 0 Å². The zero-order chi connectivity index (χ0) is 15.2. The number of rotatable bonds is 6. The second-order valence-corrected chi connectivity index (χ2v) is 6.65. The molecule has 1 aliphatic rings. The Bertz CT molecular complexity index is 474. The third-order valence-corrected chi connectivity index (χ3v) is 4.95. The average Bonchev–Trinajstić information content (AvgIpc) is 2.84. The number of aromatic nitrogens is 1. The maximum atomic E-state index is 12.2. The first kappa shape index (κ1) is 16.2. The van der Waals surface area contributed by atoms with Gasteiger partial charge < -0.3 is 15.5 Å². The van der Waals surface area contributed by atoms with E-state index >= 15 is 0 Å². The monoisotopic (exact) mass is 310 g/mol. The predicted octanol–water partition coefficient (Wildman–Crippen LogP) is 2.35. The number of carbonyl (C=O) groups is 1. The minimum atomic E-state index is -0.0161. The molecule has 0 unspecified atom stereocenters. The molecule has 2 heterocycles. The Balaban J connectivity index is 1.73. The lowest BCUT2D eigenvalue weighted by Gasteiger charge is -2.30. The second-order valence-electron chi connectivity index (χ2n) is 5.88. The Hall–Kier alpha value is -1.14. The molecule has 1 atom stereocenters. The highest BCUT2D eigenvalue weighted by Gasteiger charge is 2.18. The quantitative estimate of drug-likeness (QED) is 0.792. The van der Waals surface area contributed by atoms with Crippen molar-refractivity contribution in [2.24, 2.45) is 5.92 Å². The zero-order valence-electron chi connectivity index (χ0n) is 13.2. The molecule has 1 fully saturated rings. The molecule has 118 valence electrons. The Kier molecular flexibility index (Phi) is 5.99. The van der Waals surface area contributed by atoms with Gasteiger partial charge in [-0.25, -0.2) is 0 Å². The fraction of sp³-hybridized carbons (Fsp3) is 0.733. The third kappa shape index (κ3) is 4.41. The van der Waals surface area contributed by atoms with Crippen molar-refractivity contribution in [2.45, 2.75) is 33.1 Å². The van der Waals surface area contributed by atoms with Crippen LogP contribution < -0.4 is 10.6 Å². The lowest BCUT2D eigenvalue weighted by Crippen LogP contribution is -2.36. The van der Waals surface area contributed by atoms with Gasteiger partial charge in [-0.3, -0.25) is 4.79 Å². The summed E-state index contributed by atoms with van der Waals surface area (Å²) in [6.45, 7) is 8.40. The number of hydrogen-bond acceptors (Lipinski definition) is 5. The molecule has 5 nitrogen and oxygen atoms in total. The maximum Gasteiger partial charge on any atom is 0.256 e. The number of nitrogens with one attached hydrogen (secondary N) is 2. The van der Waals surface area contributed by atoms with Gasteiger partial charge >= 0.3 is 0 Å². The van der Waals surface area contributed by atoms with Crippen LogP contribution >= 0.6 is 11.5 Å². The van der Waals surface area contributed by atoms with Crippen LogP contribution in [0.1, 0.15) is 42.2 Å². The SMILES string of the molecule is CNc1snc(C)c1C(=O)NCCCN1CCC[C@@H](C)C1. The van der Waals surface area contributed by atoms with E-state index in [4.69, 9.17) is 0 Å². The number of nitrogens with zero attached hydrogens (tertiary/aromatic N) is 2. The minimum Gasteiger partial charge on any atom is -0.378 e. The van der Waals surface area contributed by atoms with Gasteiger partial charge in [0, 0.05) is 20.1 Å². The summed E-state index contributed by atoms with van der Waals surface area (Å²) in [7, 11) is 1.82. The molecule has 0 saturated carbocycles. The second kappa shape index (κ2) is 7.75. The molecule has 1 saturated heterocycles. The van der Waals surface area contributed by atoms with E-state index in [2.05, 4.69) is 26.8 Å². The molecule has 2 rings (SSSR count). The van der Waals surface area contributed by atoms with E-state index in [9.17, 15) is 4.79 Å². The van der Waals surface area contributed by atoms with Crippen LogP contribution in [0.25, 0.3) is 0 Å². The highest BCUT2D eigenvalue weighted by Crippen LogP contribution is 2.23. The van der Waals surface area contributed by atoms with E-state index in [0.29, 0.717) is 5.56 Å². The summed E-state index contributed by atoms with van der Waals surface area (Å²) in [6.07, 6.45) is 3.66. The van der Waals surface area contributed by atoms with Crippen LogP contribution in [0.3, 0.4) is 0 Å². The molecule has 1 aliphatic heterocycles. The van der Waals surface area contributed by atoms with Gasteiger partial charge in [-0.2, -0.15) is 4.37 Å². The van der Waals surface area contributed by atoms with Crippen molar-refractivity contribution in [3.8, 4) is 0 Å². The van der Waals surface area contributed by atoms with Crippen molar-refractivity contribution in [3.05, 3.63) is 11.3 Å². The Morgan fingerprint density at radius 1 is 1.52 bits per heavy atom. The van der Waals surface area contributed by atoms with Gasteiger partial charge in [0.1, 0.15) is 5.00 Å². The highest BCUT2D eigenvalue weighted by atomic mass is 32.1. The third-order valence-electron chi connectivity index (χ3n) is 3.99. The van der Waals surface area contributed by atoms with E-state index in [1.165, 1.54) is 37.5 Å². The minimum absolute atomic E-state index is 0.0161. The molecule has 0 aliphatic carbocycles. The summed E-state index contributed by atoms with van der Waals surface area (Å²) < 4.78 is 4.23. The molecule has 1 amide bonds. The van der Waals surface area contributed by atoms with Gasteiger partial charge in [-0.15, -0.1) is 0 Å². The van der Waals surface area contributed by atoms with Gasteiger partial charge in [-0.1, -0.05) is 6.92 Å². The lowest BCUT2D eigenvalue weighted by molar-refractivity contribution is 0.0950. The number of hydrogen-bond donors (Lipinski definition) is 2. The standard InChI is InChI=1S/C15H26N4OS/c1-11-6-4-8-19(10-11)9-5-7-17-14(20)13-12(2)18-21-15(13)16-3/h11,16H,4-10H2,1-3H3,(H,17,20)/t11-/m1/s1. The summed E-state index contributed by atoms with van der Waals surface area (Å²) in [4.78, 5) is 14.7. The van der Waals surface area contributed by atoms with Gasteiger partial charge in [0.15, 0.2) is 0 Å². The number of piperidine rings is 1. The molecule has 0 bridgehead atoms. The van der Waals surface area contributed by atoms with Crippen LogP contribution in [-0.4, -0.2) is 48.4 Å². The molecule has 2 N–H and O–H groups in total. The summed E-state index contributed by atoms with van der Waals surface area (Å²) in [6, 6.07) is 0. The molecular formula is C15H26N4OS. The lowest BCUT2D eigenvalue weighted by atomic mass is 10.0. The molecule has 21 heavy (non-hydrogen) atoms. The van der Waals surface area contributed by atoms with E-state index in [1.54, 1.807) is 0 Å². The van der Waals surface area contributed by atoms with Crippen LogP contribution in [0, 0.1) is 12.8 Å². The van der Waals surface area contributed by atoms with Crippen LogP contribution in [0.5, 0.6) is 0 Å². The number of likely N-dealkylation sites (tertiary alicyclic amines) is 1. The van der Waals surface area contributed by atoms with Crippen molar-refractivity contribution in [2.75, 3.05) is 38.5 Å². The van der Waals surface area contributed by atoms with Crippen molar-refractivity contribution < 1.29 is 4.79 Å². The highest BCUT2D eigenvalue weighted by molar-refractivity contribution is 7.10. The Labute approximate surface area is 131 Å². The van der Waals surface area contributed by atoms with Crippen molar-refractivity contribution >= 4 is 22.4 Å². The van der Waals surface area contributed by atoms with Crippen molar-refractivity contribution in [1.29, 1.82) is 0 Å². The van der Waals surface area contributed by atoms with Gasteiger partial charge in [0.05, 0.1) is 11.3 Å². The average molecular weight is 310 g/mol. The van der Waals surface area contributed by atoms with Crippen molar-refractivity contribution in [1.82, 2.24) is 14.6 Å². The van der Waals surface area contributed by atoms with E-state index in [0.717, 1.165) is 36.1 Å². The first-order valence-electron chi connectivity index (χ1n) is 7.76. The van der Waals surface area contributed by atoms with Gasteiger partial charge in [0.2, 0.25) is 0 Å². The van der Waals surface area contributed by atoms with Crippen LogP contribution in [0.4, 0.5) is 5.00 Å². The number of carbonyl (C=O) groups excluding carboxylic acids is 1. The zero-order valence-corrected chi connectivity index (χ0v) is 14.1. The summed E-state index contributed by atoms with van der Waals surface area (Å²) in [5.41, 5.74) is 1.49. The van der Waals surface area contributed by atoms with Gasteiger partial charge in [-0.05, 0) is 56.7 Å². The molecule has 6 heteroatoms. The normalized spacial score (nSPS) is 19.5. The Morgan fingerprint density at radius 3 is 3.05 bits per heavy atom. The first-order valence-corrected chi connectivity index (χ1v) is 8.53. The molecule has 1 aromatic rings. The maximum absolute atomic E-state index is 12.2. The smallest absolute Gasteiger partial charge is 0.256 e. The molecule has 0 spiro atoms. The summed E-state index contributed by atoms with van der Waals surface area (Å²) >= 11 is 1.34. The number of amides is 1. The first-order chi connectivity index (χ1) is 10.1. The largest absolute Gasteiger partial charge is 0.378 e. The van der Waals surface area contributed by atoms with E-state index in [-0.39, 0.29) is 5.91 Å². The fourth-order valence-electron chi connectivity index (χ4n) is 2.89. The van der Waals surface area contributed by atoms with E-state index in [1.807, 2.05) is 14.0 Å². The topological polar surface area (TPSA) is 57.3 Å².